The summed E-state index contributed by atoms with van der Waals surface area (Å²) in [5, 5.41) is 18.0. The lowest BCUT2D eigenvalue weighted by Crippen LogP contribution is -1.90. The molecule has 0 saturated heterocycles. The van der Waals surface area contributed by atoms with Crippen molar-refractivity contribution in [2.75, 3.05) is 0 Å². The van der Waals surface area contributed by atoms with E-state index in [4.69, 9.17) is 0 Å². The number of hydrogen-bond acceptors (Lipinski definition) is 0. The Hall–Kier alpha value is -6.76. The van der Waals surface area contributed by atoms with Gasteiger partial charge in [0.25, 0.3) is 0 Å². The smallest absolute Gasteiger partial charge is 0.00137 e. The standard InChI is InChI=1S/C52H32/c1-2-11-33(12-3-1)38-25-27-45-46-28-26-39(32-50(46)52-48-19-9-7-17-44(48)43-16-6-8-18-47(43)51(52)49(45)31-38)36-21-22-37-30-40(24-23-35(37)29-36)42-20-10-14-34-13-4-5-15-41(34)42/h1-32H. The Morgan fingerprint density at radius 3 is 1.29 bits per heavy atom. The van der Waals surface area contributed by atoms with Crippen molar-refractivity contribution in [1.82, 2.24) is 0 Å². The van der Waals surface area contributed by atoms with Crippen LogP contribution in [-0.2, 0) is 0 Å². The van der Waals surface area contributed by atoms with Crippen molar-refractivity contribution in [3.8, 4) is 33.4 Å². The van der Waals surface area contributed by atoms with E-state index in [1.54, 1.807) is 0 Å². The zero-order valence-electron chi connectivity index (χ0n) is 28.5. The summed E-state index contributed by atoms with van der Waals surface area (Å²) in [7, 11) is 0. The fraction of sp³-hybridized carbons (Fsp3) is 0. The van der Waals surface area contributed by atoms with Crippen LogP contribution >= 0.6 is 0 Å². The topological polar surface area (TPSA) is 0 Å². The molecule has 0 saturated carbocycles. The Balaban J connectivity index is 1.16. The monoisotopic (exact) mass is 656 g/mol. The van der Waals surface area contributed by atoms with E-state index in [1.165, 1.54) is 109 Å². The van der Waals surface area contributed by atoms with Gasteiger partial charge in [-0.05, 0) is 133 Å². The average molecular weight is 657 g/mol. The van der Waals surface area contributed by atoms with E-state index >= 15 is 0 Å². The Morgan fingerprint density at radius 2 is 0.635 bits per heavy atom. The molecular weight excluding hydrogens is 625 g/mol. The van der Waals surface area contributed by atoms with Crippen LogP contribution in [0.2, 0.25) is 0 Å². The fourth-order valence-corrected chi connectivity index (χ4v) is 8.73. The molecule has 0 aliphatic rings. The van der Waals surface area contributed by atoms with Crippen LogP contribution in [0.4, 0.5) is 0 Å². The van der Waals surface area contributed by atoms with Crippen molar-refractivity contribution >= 4 is 75.4 Å². The molecule has 0 amide bonds. The van der Waals surface area contributed by atoms with Gasteiger partial charge in [-0.25, -0.2) is 0 Å². The molecule has 11 aromatic carbocycles. The van der Waals surface area contributed by atoms with Gasteiger partial charge in [-0.15, -0.1) is 0 Å². The second-order valence-corrected chi connectivity index (χ2v) is 14.0. The second kappa shape index (κ2) is 11.4. The quantitative estimate of drug-likeness (QED) is 0.166. The molecule has 0 N–H and O–H groups in total. The minimum Gasteiger partial charge on any atom is -0.0622 e. The molecular formula is C52H32. The van der Waals surface area contributed by atoms with Gasteiger partial charge in [0, 0.05) is 0 Å². The van der Waals surface area contributed by atoms with Crippen LogP contribution in [0.3, 0.4) is 0 Å². The molecule has 11 rings (SSSR count). The summed E-state index contributed by atoms with van der Waals surface area (Å²) in [6.07, 6.45) is 0. The first-order valence-electron chi connectivity index (χ1n) is 18.1. The van der Waals surface area contributed by atoms with Crippen LogP contribution in [0.1, 0.15) is 0 Å². The lowest BCUT2D eigenvalue weighted by molar-refractivity contribution is 1.65. The highest BCUT2D eigenvalue weighted by Crippen LogP contribution is 2.45. The van der Waals surface area contributed by atoms with E-state index in [0.29, 0.717) is 0 Å². The molecule has 0 aliphatic heterocycles. The summed E-state index contributed by atoms with van der Waals surface area (Å²) in [6, 6.07) is 71.8. The summed E-state index contributed by atoms with van der Waals surface area (Å²) < 4.78 is 0. The summed E-state index contributed by atoms with van der Waals surface area (Å²) in [4.78, 5) is 0. The SMILES string of the molecule is c1ccc(-c2ccc3c4ccc(-c5ccc6cc(-c7cccc8ccccc78)ccc6c5)cc4c4c5ccccc5c5ccccc5c4c3c2)cc1. The third-order valence-electron chi connectivity index (χ3n) is 11.2. The lowest BCUT2D eigenvalue weighted by Gasteiger charge is -2.18. The molecule has 11 aromatic rings. The van der Waals surface area contributed by atoms with Gasteiger partial charge in [-0.1, -0.05) is 170 Å². The molecule has 0 aromatic heterocycles. The Kier molecular flexibility index (Phi) is 6.35. The van der Waals surface area contributed by atoms with Gasteiger partial charge in [0.1, 0.15) is 0 Å². The third kappa shape index (κ3) is 4.41. The van der Waals surface area contributed by atoms with E-state index < -0.39 is 0 Å². The van der Waals surface area contributed by atoms with E-state index in [2.05, 4.69) is 194 Å². The lowest BCUT2D eigenvalue weighted by atomic mass is 9.85. The molecule has 0 heteroatoms. The van der Waals surface area contributed by atoms with Crippen molar-refractivity contribution in [3.05, 3.63) is 194 Å². The van der Waals surface area contributed by atoms with Crippen molar-refractivity contribution in [3.63, 3.8) is 0 Å². The van der Waals surface area contributed by atoms with Crippen LogP contribution in [0.25, 0.3) is 109 Å². The molecule has 0 atom stereocenters. The van der Waals surface area contributed by atoms with E-state index in [0.717, 1.165) is 0 Å². The maximum Gasteiger partial charge on any atom is -0.00137 e. The van der Waals surface area contributed by atoms with Gasteiger partial charge in [0.15, 0.2) is 0 Å². The van der Waals surface area contributed by atoms with Gasteiger partial charge in [-0.2, -0.15) is 0 Å². The van der Waals surface area contributed by atoms with Gasteiger partial charge in [0.2, 0.25) is 0 Å². The Labute approximate surface area is 301 Å². The van der Waals surface area contributed by atoms with Crippen LogP contribution in [-0.4, -0.2) is 0 Å². The van der Waals surface area contributed by atoms with Crippen molar-refractivity contribution in [2.45, 2.75) is 0 Å². The highest BCUT2D eigenvalue weighted by atomic mass is 14.2. The molecule has 0 unspecified atom stereocenters. The molecule has 0 bridgehead atoms. The largest absolute Gasteiger partial charge is 0.0622 e. The van der Waals surface area contributed by atoms with E-state index in [9.17, 15) is 0 Å². The predicted octanol–water partition coefficient (Wildman–Crippen LogP) is 14.8. The third-order valence-corrected chi connectivity index (χ3v) is 11.2. The first kappa shape index (κ1) is 29.0. The highest BCUT2D eigenvalue weighted by molar-refractivity contribution is 6.39. The first-order chi connectivity index (χ1) is 25.8. The van der Waals surface area contributed by atoms with Gasteiger partial charge < -0.3 is 0 Å². The highest BCUT2D eigenvalue weighted by Gasteiger charge is 2.17. The van der Waals surface area contributed by atoms with Crippen LogP contribution in [0.5, 0.6) is 0 Å². The fourth-order valence-electron chi connectivity index (χ4n) is 8.73. The van der Waals surface area contributed by atoms with Crippen LogP contribution in [0, 0.1) is 0 Å². The van der Waals surface area contributed by atoms with Gasteiger partial charge in [-0.3, -0.25) is 0 Å². The second-order valence-electron chi connectivity index (χ2n) is 14.0. The zero-order valence-corrected chi connectivity index (χ0v) is 28.5. The average Bonchev–Trinajstić information content (AvgIpc) is 3.23. The molecule has 0 radical (unpaired) electrons. The van der Waals surface area contributed by atoms with Crippen molar-refractivity contribution in [1.29, 1.82) is 0 Å². The molecule has 0 nitrogen and oxygen atoms in total. The number of hydrogen-bond donors (Lipinski definition) is 0. The number of rotatable bonds is 3. The molecule has 0 spiro atoms. The summed E-state index contributed by atoms with van der Waals surface area (Å²) in [5.41, 5.74) is 7.45. The molecule has 0 heterocycles. The number of benzene rings is 11. The maximum absolute atomic E-state index is 2.44. The van der Waals surface area contributed by atoms with Gasteiger partial charge >= 0.3 is 0 Å². The number of fused-ring (bicyclic) bond motifs is 13. The molecule has 240 valence electrons. The zero-order chi connectivity index (χ0) is 34.2. The van der Waals surface area contributed by atoms with Gasteiger partial charge in [0.05, 0.1) is 0 Å². The van der Waals surface area contributed by atoms with Crippen LogP contribution < -0.4 is 0 Å². The summed E-state index contributed by atoms with van der Waals surface area (Å²) >= 11 is 0. The molecule has 0 aliphatic carbocycles. The van der Waals surface area contributed by atoms with Crippen molar-refractivity contribution < 1.29 is 0 Å². The molecule has 52 heavy (non-hydrogen) atoms. The summed E-state index contributed by atoms with van der Waals surface area (Å²) in [5.74, 6) is 0. The van der Waals surface area contributed by atoms with Crippen LogP contribution in [0.15, 0.2) is 194 Å². The summed E-state index contributed by atoms with van der Waals surface area (Å²) in [6.45, 7) is 0. The Morgan fingerprint density at radius 1 is 0.192 bits per heavy atom. The maximum atomic E-state index is 2.44. The van der Waals surface area contributed by atoms with Crippen molar-refractivity contribution in [2.24, 2.45) is 0 Å². The first-order valence-corrected chi connectivity index (χ1v) is 18.1. The minimum absolute atomic E-state index is 1.23. The van der Waals surface area contributed by atoms with E-state index in [-0.39, 0.29) is 0 Å². The molecule has 0 fully saturated rings. The normalized spacial score (nSPS) is 11.8. The predicted molar refractivity (Wildman–Crippen MR) is 225 cm³/mol. The van der Waals surface area contributed by atoms with E-state index in [1.807, 2.05) is 0 Å². The Bertz CT molecular complexity index is 3220. The minimum atomic E-state index is 1.23.